The van der Waals surface area contributed by atoms with Crippen molar-refractivity contribution in [2.75, 3.05) is 6.26 Å². The normalized spacial score (nSPS) is 16.7. The Morgan fingerprint density at radius 2 is 1.82 bits per heavy atom. The van der Waals surface area contributed by atoms with Gasteiger partial charge in [0.15, 0.2) is 9.84 Å². The van der Waals surface area contributed by atoms with Crippen LogP contribution in [-0.2, 0) is 22.0 Å². The van der Waals surface area contributed by atoms with E-state index in [0.717, 1.165) is 12.3 Å². The van der Waals surface area contributed by atoms with Gasteiger partial charge in [0.05, 0.1) is 17.5 Å². The molecule has 0 bridgehead atoms. The van der Waals surface area contributed by atoms with Gasteiger partial charge in [0.25, 0.3) is 0 Å². The van der Waals surface area contributed by atoms with E-state index in [1.165, 1.54) is 59.4 Å². The van der Waals surface area contributed by atoms with Gasteiger partial charge in [0.1, 0.15) is 29.9 Å². The first-order valence-electron chi connectivity index (χ1n) is 10.1. The molecule has 1 aromatic heterocycles. The van der Waals surface area contributed by atoms with Gasteiger partial charge in [0, 0.05) is 28.4 Å². The van der Waals surface area contributed by atoms with E-state index in [4.69, 9.17) is 0 Å². The van der Waals surface area contributed by atoms with Crippen LogP contribution < -0.4 is 0 Å². The lowest BCUT2D eigenvalue weighted by Crippen LogP contribution is -2.42. The smallest absolute Gasteiger partial charge is 0.175 e. The summed E-state index contributed by atoms with van der Waals surface area (Å²) in [5, 5.41) is 25.3. The number of hydrogen-bond donors (Lipinski definition) is 2. The average molecular weight is 498 g/mol. The van der Waals surface area contributed by atoms with Gasteiger partial charge in [-0.3, -0.25) is 0 Å². The fraction of sp³-hybridized carbons (Fsp3) is 0.364. The molecule has 3 rings (SSSR count). The third kappa shape index (κ3) is 5.78. The highest BCUT2D eigenvalue weighted by Gasteiger charge is 2.41. The number of hydrogen-bond acceptors (Lipinski definition) is 7. The molecule has 4 atom stereocenters. The Morgan fingerprint density at radius 3 is 2.36 bits per heavy atom. The van der Waals surface area contributed by atoms with E-state index in [2.05, 4.69) is 10.1 Å². The molecule has 2 aromatic carbocycles. The molecule has 0 spiro atoms. The molecular formula is C22H25F2N3O4S2. The largest absolute Gasteiger partial charge is 0.387 e. The van der Waals surface area contributed by atoms with E-state index >= 15 is 0 Å². The minimum absolute atomic E-state index is 0.0985. The highest BCUT2D eigenvalue weighted by molar-refractivity contribution is 8.00. The van der Waals surface area contributed by atoms with Crippen LogP contribution in [0.2, 0.25) is 0 Å². The number of nitrogens with zero attached hydrogens (tertiary/aromatic N) is 3. The predicted octanol–water partition coefficient (Wildman–Crippen LogP) is 3.09. The molecule has 33 heavy (non-hydrogen) atoms. The summed E-state index contributed by atoms with van der Waals surface area (Å²) in [6.07, 6.45) is 2.78. The van der Waals surface area contributed by atoms with E-state index < -0.39 is 43.7 Å². The molecule has 7 nitrogen and oxygen atoms in total. The maximum atomic E-state index is 14.7. The Bertz CT molecular complexity index is 1190. The molecule has 0 saturated heterocycles. The van der Waals surface area contributed by atoms with Crippen LogP contribution in [0, 0.1) is 11.6 Å². The van der Waals surface area contributed by atoms with Crippen LogP contribution >= 0.6 is 11.8 Å². The average Bonchev–Trinajstić information content (AvgIpc) is 3.25. The Labute approximate surface area is 195 Å². The molecule has 0 fully saturated rings. The van der Waals surface area contributed by atoms with E-state index in [0.29, 0.717) is 11.6 Å². The first-order chi connectivity index (χ1) is 15.4. The van der Waals surface area contributed by atoms with Crippen LogP contribution in [0.1, 0.15) is 31.1 Å². The van der Waals surface area contributed by atoms with Crippen molar-refractivity contribution in [2.45, 2.75) is 47.5 Å². The van der Waals surface area contributed by atoms with Crippen LogP contribution in [0.25, 0.3) is 0 Å². The van der Waals surface area contributed by atoms with E-state index in [1.807, 2.05) is 0 Å². The number of halogens is 2. The van der Waals surface area contributed by atoms with Crippen LogP contribution in [0.3, 0.4) is 0 Å². The van der Waals surface area contributed by atoms with Crippen LogP contribution in [0.4, 0.5) is 8.78 Å². The maximum Gasteiger partial charge on any atom is 0.175 e. The molecule has 0 amide bonds. The summed E-state index contributed by atoms with van der Waals surface area (Å²) in [5.41, 5.74) is -1.40. The van der Waals surface area contributed by atoms with Gasteiger partial charge >= 0.3 is 0 Å². The number of benzene rings is 2. The van der Waals surface area contributed by atoms with Gasteiger partial charge < -0.3 is 10.2 Å². The topological polar surface area (TPSA) is 105 Å². The molecule has 2 unspecified atom stereocenters. The molecule has 0 aliphatic rings. The van der Waals surface area contributed by atoms with E-state index in [1.54, 1.807) is 13.8 Å². The summed E-state index contributed by atoms with van der Waals surface area (Å²) in [4.78, 5) is 3.99. The van der Waals surface area contributed by atoms with Crippen molar-refractivity contribution in [3.05, 3.63) is 77.9 Å². The molecule has 178 valence electrons. The standard InChI is InChI=1S/C22H25F2N3O4S2/c1-14(21(28)16-4-7-18(8-5-16)33(3,30)31)32-15(2)22(29,11-27-13-25-12-26-27)19-9-6-17(23)10-20(19)24/h4-10,12-15,21,28-29H,11H2,1-3H3/t14?,15-,21?,22-/m1/s1. The minimum atomic E-state index is -3.36. The van der Waals surface area contributed by atoms with Crippen molar-refractivity contribution in [3.63, 3.8) is 0 Å². The molecule has 1 heterocycles. The molecule has 0 aliphatic heterocycles. The van der Waals surface area contributed by atoms with Crippen molar-refractivity contribution in [3.8, 4) is 0 Å². The zero-order valence-electron chi connectivity index (χ0n) is 18.3. The Kier molecular flexibility index (Phi) is 7.57. The van der Waals surface area contributed by atoms with Crippen LogP contribution in [0.15, 0.2) is 60.0 Å². The number of aliphatic hydroxyl groups excluding tert-OH is 1. The quantitative estimate of drug-likeness (QED) is 0.468. The molecule has 0 aliphatic carbocycles. The van der Waals surface area contributed by atoms with Gasteiger partial charge in [0.2, 0.25) is 0 Å². The fourth-order valence-corrected chi connectivity index (χ4v) is 5.53. The van der Waals surface area contributed by atoms with Gasteiger partial charge in [-0.05, 0) is 23.8 Å². The van der Waals surface area contributed by atoms with Crippen LogP contribution in [0.5, 0.6) is 0 Å². The molecule has 3 aromatic rings. The summed E-state index contributed by atoms with van der Waals surface area (Å²) in [6, 6.07) is 8.88. The van der Waals surface area contributed by atoms with Crippen LogP contribution in [-0.4, -0.2) is 50.2 Å². The second kappa shape index (κ2) is 9.88. The lowest BCUT2D eigenvalue weighted by molar-refractivity contribution is 0.0129. The Balaban J connectivity index is 1.86. The highest BCUT2D eigenvalue weighted by Crippen LogP contribution is 2.40. The minimum Gasteiger partial charge on any atom is -0.387 e. The maximum absolute atomic E-state index is 14.7. The Morgan fingerprint density at radius 1 is 1.15 bits per heavy atom. The van der Waals surface area contributed by atoms with Gasteiger partial charge in [-0.15, -0.1) is 11.8 Å². The fourth-order valence-electron chi connectivity index (χ4n) is 3.53. The summed E-state index contributed by atoms with van der Waals surface area (Å²) < 4.78 is 52.8. The van der Waals surface area contributed by atoms with Gasteiger partial charge in [-0.1, -0.05) is 32.0 Å². The SMILES string of the molecule is CC(S[C@H](C)[C@](O)(Cn1cncn1)c1ccc(F)cc1F)C(O)c1ccc(S(C)(=O)=O)cc1. The lowest BCUT2D eigenvalue weighted by Gasteiger charge is -2.36. The van der Waals surface area contributed by atoms with Crippen molar-refractivity contribution in [1.29, 1.82) is 0 Å². The molecule has 0 radical (unpaired) electrons. The molecule has 2 N–H and O–H groups in total. The Hall–Kier alpha value is -2.34. The summed E-state index contributed by atoms with van der Waals surface area (Å²) in [5.74, 6) is -1.66. The third-order valence-corrected chi connectivity index (χ3v) is 8.07. The van der Waals surface area contributed by atoms with Gasteiger partial charge in [-0.25, -0.2) is 26.9 Å². The number of aromatic nitrogens is 3. The second-order valence-corrected chi connectivity index (χ2v) is 11.6. The molecule has 0 saturated carbocycles. The van der Waals surface area contributed by atoms with Crippen molar-refractivity contribution in [2.24, 2.45) is 0 Å². The van der Waals surface area contributed by atoms with Crippen molar-refractivity contribution >= 4 is 21.6 Å². The highest BCUT2D eigenvalue weighted by atomic mass is 32.2. The zero-order valence-corrected chi connectivity index (χ0v) is 19.9. The van der Waals surface area contributed by atoms with E-state index in [-0.39, 0.29) is 17.0 Å². The van der Waals surface area contributed by atoms with E-state index in [9.17, 15) is 27.4 Å². The monoisotopic (exact) mass is 497 g/mol. The number of thioether (sulfide) groups is 1. The van der Waals surface area contributed by atoms with Crippen molar-refractivity contribution in [1.82, 2.24) is 14.8 Å². The predicted molar refractivity (Wildman–Crippen MR) is 121 cm³/mol. The lowest BCUT2D eigenvalue weighted by atomic mass is 9.90. The zero-order chi connectivity index (χ0) is 24.4. The molecule has 11 heteroatoms. The number of rotatable bonds is 9. The first kappa shape index (κ1) is 25.3. The number of aliphatic hydroxyl groups is 2. The van der Waals surface area contributed by atoms with Crippen molar-refractivity contribution < 1.29 is 27.4 Å². The van der Waals surface area contributed by atoms with Gasteiger partial charge in [-0.2, -0.15) is 5.10 Å². The summed E-state index contributed by atoms with van der Waals surface area (Å²) >= 11 is 1.21. The summed E-state index contributed by atoms with van der Waals surface area (Å²) in [6.45, 7) is 3.28. The third-order valence-electron chi connectivity index (χ3n) is 5.45. The first-order valence-corrected chi connectivity index (χ1v) is 12.9. The number of sulfone groups is 1. The second-order valence-electron chi connectivity index (χ2n) is 7.91. The summed E-state index contributed by atoms with van der Waals surface area (Å²) in [7, 11) is -3.36. The molecular weight excluding hydrogens is 472 g/mol.